The summed E-state index contributed by atoms with van der Waals surface area (Å²) in [4.78, 5) is 27.8. The normalized spacial score (nSPS) is 26.9. The third kappa shape index (κ3) is 4.18. The molecule has 2 rings (SSSR count). The van der Waals surface area contributed by atoms with Gasteiger partial charge in [-0.2, -0.15) is 0 Å². The van der Waals surface area contributed by atoms with Gasteiger partial charge in [-0.25, -0.2) is 0 Å². The summed E-state index contributed by atoms with van der Waals surface area (Å²) in [5, 5.41) is 9.62. The highest BCUT2D eigenvalue weighted by Crippen LogP contribution is 2.34. The van der Waals surface area contributed by atoms with Crippen LogP contribution in [0.2, 0.25) is 0 Å². The standard InChI is InChI=1S/C15H26N2O5/c1-21-8-4-15(14(19)20)3-2-5-16(12-15)11-13(18)17-6-9-22-10-7-17/h2-12H2,1H3,(H,19,20)/t15-/m1/s1. The number of methoxy groups -OCH3 is 1. The van der Waals surface area contributed by atoms with Crippen molar-refractivity contribution in [3.63, 3.8) is 0 Å². The molecule has 7 nitrogen and oxygen atoms in total. The maximum atomic E-state index is 12.3. The second-order valence-corrected chi connectivity index (χ2v) is 6.14. The van der Waals surface area contributed by atoms with E-state index in [-0.39, 0.29) is 5.91 Å². The first-order chi connectivity index (χ1) is 10.6. The number of morpholine rings is 1. The monoisotopic (exact) mass is 314 g/mol. The van der Waals surface area contributed by atoms with Crippen molar-refractivity contribution < 1.29 is 24.2 Å². The summed E-state index contributed by atoms with van der Waals surface area (Å²) in [6.07, 6.45) is 1.93. The molecular weight excluding hydrogens is 288 g/mol. The fourth-order valence-corrected chi connectivity index (χ4v) is 3.25. The van der Waals surface area contributed by atoms with Crippen LogP contribution in [-0.4, -0.2) is 86.4 Å². The van der Waals surface area contributed by atoms with Gasteiger partial charge in [0.1, 0.15) is 0 Å². The van der Waals surface area contributed by atoms with E-state index in [1.54, 1.807) is 12.0 Å². The van der Waals surface area contributed by atoms with Gasteiger partial charge in [-0.05, 0) is 25.8 Å². The molecule has 0 saturated carbocycles. The van der Waals surface area contributed by atoms with Crippen LogP contribution in [0.3, 0.4) is 0 Å². The maximum Gasteiger partial charge on any atom is 0.311 e. The Morgan fingerprint density at radius 1 is 1.27 bits per heavy atom. The van der Waals surface area contributed by atoms with Gasteiger partial charge < -0.3 is 19.5 Å². The molecule has 0 aromatic rings. The molecule has 2 aliphatic heterocycles. The molecule has 1 amide bonds. The van der Waals surface area contributed by atoms with Gasteiger partial charge in [-0.15, -0.1) is 0 Å². The zero-order chi connectivity index (χ0) is 16.0. The van der Waals surface area contributed by atoms with E-state index in [4.69, 9.17) is 9.47 Å². The molecule has 2 fully saturated rings. The van der Waals surface area contributed by atoms with E-state index in [2.05, 4.69) is 0 Å². The van der Waals surface area contributed by atoms with Gasteiger partial charge >= 0.3 is 5.97 Å². The number of carboxylic acid groups (broad SMARTS) is 1. The molecule has 22 heavy (non-hydrogen) atoms. The lowest BCUT2D eigenvalue weighted by Crippen LogP contribution is -2.52. The number of carboxylic acids is 1. The number of aliphatic carboxylic acids is 1. The van der Waals surface area contributed by atoms with E-state index in [9.17, 15) is 14.7 Å². The summed E-state index contributed by atoms with van der Waals surface area (Å²) in [6.45, 7) is 4.33. The largest absolute Gasteiger partial charge is 0.481 e. The highest BCUT2D eigenvalue weighted by Gasteiger charge is 2.42. The fraction of sp³-hybridized carbons (Fsp3) is 0.867. The SMILES string of the molecule is COCC[C@]1(C(=O)O)CCCN(CC(=O)N2CCOCC2)C1. The molecule has 126 valence electrons. The van der Waals surface area contributed by atoms with Gasteiger partial charge in [0.05, 0.1) is 25.2 Å². The molecule has 1 atom stereocenters. The minimum absolute atomic E-state index is 0.0660. The molecule has 7 heteroatoms. The quantitative estimate of drug-likeness (QED) is 0.746. The van der Waals surface area contributed by atoms with Gasteiger partial charge in [0, 0.05) is 33.4 Å². The summed E-state index contributed by atoms with van der Waals surface area (Å²) in [5.74, 6) is -0.718. The minimum Gasteiger partial charge on any atom is -0.481 e. The summed E-state index contributed by atoms with van der Waals surface area (Å²) in [6, 6.07) is 0. The second-order valence-electron chi connectivity index (χ2n) is 6.14. The van der Waals surface area contributed by atoms with Crippen molar-refractivity contribution in [2.75, 3.05) is 59.7 Å². The van der Waals surface area contributed by atoms with Gasteiger partial charge in [-0.1, -0.05) is 0 Å². The number of likely N-dealkylation sites (tertiary alicyclic amines) is 1. The van der Waals surface area contributed by atoms with Crippen LogP contribution in [0.25, 0.3) is 0 Å². The van der Waals surface area contributed by atoms with Crippen molar-refractivity contribution in [2.24, 2.45) is 5.41 Å². The summed E-state index contributed by atoms with van der Waals surface area (Å²) < 4.78 is 10.3. The molecular formula is C15H26N2O5. The predicted molar refractivity (Wildman–Crippen MR) is 79.6 cm³/mol. The summed E-state index contributed by atoms with van der Waals surface area (Å²) >= 11 is 0. The number of hydrogen-bond acceptors (Lipinski definition) is 5. The van der Waals surface area contributed by atoms with Crippen LogP contribution in [0.5, 0.6) is 0 Å². The third-order valence-corrected chi connectivity index (χ3v) is 4.62. The highest BCUT2D eigenvalue weighted by molar-refractivity contribution is 5.79. The van der Waals surface area contributed by atoms with E-state index in [0.717, 1.165) is 13.0 Å². The fourth-order valence-electron chi connectivity index (χ4n) is 3.25. The van der Waals surface area contributed by atoms with Crippen molar-refractivity contribution in [3.05, 3.63) is 0 Å². The Morgan fingerprint density at radius 2 is 2.00 bits per heavy atom. The van der Waals surface area contributed by atoms with Crippen molar-refractivity contribution >= 4 is 11.9 Å². The first-order valence-corrected chi connectivity index (χ1v) is 7.88. The van der Waals surface area contributed by atoms with Gasteiger partial charge in [0.25, 0.3) is 0 Å². The van der Waals surface area contributed by atoms with Crippen LogP contribution in [0.4, 0.5) is 0 Å². The second kappa shape index (κ2) is 7.89. The highest BCUT2D eigenvalue weighted by atomic mass is 16.5. The van der Waals surface area contributed by atoms with Crippen molar-refractivity contribution in [3.8, 4) is 0 Å². The molecule has 0 bridgehead atoms. The lowest BCUT2D eigenvalue weighted by molar-refractivity contribution is -0.155. The smallest absolute Gasteiger partial charge is 0.311 e. The first-order valence-electron chi connectivity index (χ1n) is 7.88. The topological polar surface area (TPSA) is 79.3 Å². The molecule has 2 heterocycles. The summed E-state index contributed by atoms with van der Waals surface area (Å²) in [7, 11) is 1.58. The van der Waals surface area contributed by atoms with E-state index in [1.807, 2.05) is 4.90 Å². The number of carbonyl (C=O) groups is 2. The van der Waals surface area contributed by atoms with E-state index in [0.29, 0.717) is 58.8 Å². The van der Waals surface area contributed by atoms with Crippen LogP contribution in [-0.2, 0) is 19.1 Å². The van der Waals surface area contributed by atoms with Gasteiger partial charge in [0.15, 0.2) is 0 Å². The predicted octanol–water partition coefficient (Wildman–Crippen LogP) is 0.0485. The summed E-state index contributed by atoms with van der Waals surface area (Å²) in [5.41, 5.74) is -0.792. The molecule has 0 radical (unpaired) electrons. The van der Waals surface area contributed by atoms with E-state index >= 15 is 0 Å². The Labute approximate surface area is 131 Å². The number of rotatable bonds is 6. The van der Waals surface area contributed by atoms with Crippen molar-refractivity contribution in [1.82, 2.24) is 9.80 Å². The van der Waals surface area contributed by atoms with Crippen LogP contribution in [0.1, 0.15) is 19.3 Å². The Hall–Kier alpha value is -1.18. The first kappa shape index (κ1) is 17.2. The number of carbonyl (C=O) groups excluding carboxylic acids is 1. The molecule has 0 unspecified atom stereocenters. The van der Waals surface area contributed by atoms with Gasteiger partial charge in [0.2, 0.25) is 5.91 Å². The van der Waals surface area contributed by atoms with Crippen LogP contribution in [0.15, 0.2) is 0 Å². The van der Waals surface area contributed by atoms with E-state index in [1.165, 1.54) is 0 Å². The number of nitrogens with zero attached hydrogens (tertiary/aromatic N) is 2. The number of piperidine rings is 1. The maximum absolute atomic E-state index is 12.3. The average molecular weight is 314 g/mol. The van der Waals surface area contributed by atoms with Crippen LogP contribution >= 0.6 is 0 Å². The molecule has 2 saturated heterocycles. The zero-order valence-corrected chi connectivity index (χ0v) is 13.3. The lowest BCUT2D eigenvalue weighted by Gasteiger charge is -2.40. The Bertz CT molecular complexity index is 397. The van der Waals surface area contributed by atoms with Crippen molar-refractivity contribution in [2.45, 2.75) is 19.3 Å². The number of hydrogen-bond donors (Lipinski definition) is 1. The average Bonchev–Trinajstić information content (AvgIpc) is 2.54. The molecule has 2 aliphatic rings. The lowest BCUT2D eigenvalue weighted by atomic mass is 9.77. The Kier molecular flexibility index (Phi) is 6.16. The Balaban J connectivity index is 1.93. The van der Waals surface area contributed by atoms with Crippen LogP contribution < -0.4 is 0 Å². The number of ether oxygens (including phenoxy) is 2. The van der Waals surface area contributed by atoms with E-state index < -0.39 is 11.4 Å². The number of amides is 1. The molecule has 0 spiro atoms. The molecule has 0 aromatic carbocycles. The van der Waals surface area contributed by atoms with Crippen LogP contribution in [0, 0.1) is 5.41 Å². The molecule has 0 aromatic heterocycles. The zero-order valence-electron chi connectivity index (χ0n) is 13.3. The molecule has 0 aliphatic carbocycles. The van der Waals surface area contributed by atoms with Crippen molar-refractivity contribution in [1.29, 1.82) is 0 Å². The van der Waals surface area contributed by atoms with Gasteiger partial charge in [-0.3, -0.25) is 14.5 Å². The third-order valence-electron chi connectivity index (χ3n) is 4.62. The Morgan fingerprint density at radius 3 is 2.64 bits per heavy atom. The minimum atomic E-state index is -0.792. The molecule has 1 N–H and O–H groups in total.